The van der Waals surface area contributed by atoms with Gasteiger partial charge in [0.1, 0.15) is 17.4 Å². The molecule has 0 saturated heterocycles. The minimum absolute atomic E-state index is 0.0940. The van der Waals surface area contributed by atoms with E-state index < -0.39 is 34.9 Å². The van der Waals surface area contributed by atoms with Crippen molar-refractivity contribution < 1.29 is 22.4 Å². The van der Waals surface area contributed by atoms with Crippen molar-refractivity contribution in [2.45, 2.75) is 24.6 Å². The van der Waals surface area contributed by atoms with Gasteiger partial charge in [0.05, 0.1) is 17.0 Å². The summed E-state index contributed by atoms with van der Waals surface area (Å²) in [5.74, 6) is -2.34. The van der Waals surface area contributed by atoms with Gasteiger partial charge in [-0.05, 0) is 42.3 Å². The number of nitriles is 1. The Bertz CT molecular complexity index is 1040. The molecule has 2 aromatic carbocycles. The van der Waals surface area contributed by atoms with Crippen LogP contribution < -0.4 is 5.73 Å². The first kappa shape index (κ1) is 20.3. The van der Waals surface area contributed by atoms with Gasteiger partial charge in [0, 0.05) is 7.05 Å². The maximum atomic E-state index is 13.8. The van der Waals surface area contributed by atoms with Gasteiger partial charge in [0.25, 0.3) is 0 Å². The Labute approximate surface area is 164 Å². The molecule has 5 nitrogen and oxygen atoms in total. The van der Waals surface area contributed by atoms with E-state index in [1.165, 1.54) is 31.3 Å². The van der Waals surface area contributed by atoms with Gasteiger partial charge >= 0.3 is 6.18 Å². The van der Waals surface area contributed by atoms with Crippen LogP contribution in [0.3, 0.4) is 0 Å². The predicted octanol–water partition coefficient (Wildman–Crippen LogP) is 3.50. The van der Waals surface area contributed by atoms with Crippen LogP contribution in [0.5, 0.6) is 0 Å². The van der Waals surface area contributed by atoms with Crippen LogP contribution in [-0.4, -0.2) is 23.8 Å². The average Bonchev–Trinajstić information content (AvgIpc) is 2.66. The van der Waals surface area contributed by atoms with Crippen molar-refractivity contribution in [1.29, 1.82) is 5.26 Å². The van der Waals surface area contributed by atoms with Crippen molar-refractivity contribution >= 4 is 11.9 Å². The summed E-state index contributed by atoms with van der Waals surface area (Å²) in [5.41, 5.74) is 4.05. The lowest BCUT2D eigenvalue weighted by Crippen LogP contribution is -2.52. The van der Waals surface area contributed by atoms with Gasteiger partial charge in [0.15, 0.2) is 5.96 Å². The van der Waals surface area contributed by atoms with E-state index in [0.29, 0.717) is 5.56 Å². The summed E-state index contributed by atoms with van der Waals surface area (Å²) in [5, 5.41) is 9.13. The van der Waals surface area contributed by atoms with Gasteiger partial charge in [-0.15, -0.1) is 0 Å². The second-order valence-electron chi connectivity index (χ2n) is 6.87. The number of alkyl halides is 3. The number of halogens is 4. The molecule has 1 amide bonds. The fraction of sp³-hybridized carbons (Fsp3) is 0.250. The van der Waals surface area contributed by atoms with Gasteiger partial charge in [-0.3, -0.25) is 9.69 Å². The standard InChI is InChI=1S/C20H16F4N4O/c1-19(14-7-8-15(21)12(9-14)10-25)16(17(29)28(2)18(26)27-19)11-3-5-13(6-4-11)20(22,23)24/h3-9,16H,1-2H3,(H2,26,27)/t16-,19+/m0/s1. The topological polar surface area (TPSA) is 82.5 Å². The lowest BCUT2D eigenvalue weighted by molar-refractivity contribution is -0.137. The first-order chi connectivity index (χ1) is 13.5. The maximum absolute atomic E-state index is 13.8. The Kier molecular flexibility index (Phi) is 4.82. The predicted molar refractivity (Wildman–Crippen MR) is 97.0 cm³/mol. The molecule has 0 spiro atoms. The summed E-state index contributed by atoms with van der Waals surface area (Å²) in [7, 11) is 1.41. The Hall–Kier alpha value is -3.41. The largest absolute Gasteiger partial charge is 0.416 e. The van der Waals surface area contributed by atoms with E-state index in [2.05, 4.69) is 4.99 Å². The molecule has 150 valence electrons. The number of amides is 1. The van der Waals surface area contributed by atoms with Crippen LogP contribution >= 0.6 is 0 Å². The van der Waals surface area contributed by atoms with Crippen molar-refractivity contribution in [3.8, 4) is 6.07 Å². The number of hydrogen-bond donors (Lipinski definition) is 1. The number of benzene rings is 2. The van der Waals surface area contributed by atoms with E-state index in [9.17, 15) is 22.4 Å². The van der Waals surface area contributed by atoms with Crippen molar-refractivity contribution in [3.63, 3.8) is 0 Å². The van der Waals surface area contributed by atoms with Crippen LogP contribution in [0.25, 0.3) is 0 Å². The fourth-order valence-corrected chi connectivity index (χ4v) is 3.41. The molecule has 2 N–H and O–H groups in total. The smallest absolute Gasteiger partial charge is 0.369 e. The first-order valence-electron chi connectivity index (χ1n) is 8.49. The molecule has 29 heavy (non-hydrogen) atoms. The lowest BCUT2D eigenvalue weighted by Gasteiger charge is -2.41. The van der Waals surface area contributed by atoms with Crippen LogP contribution in [0.1, 0.15) is 35.1 Å². The molecule has 0 bridgehead atoms. The minimum Gasteiger partial charge on any atom is -0.369 e. The van der Waals surface area contributed by atoms with E-state index >= 15 is 0 Å². The first-order valence-corrected chi connectivity index (χ1v) is 8.49. The van der Waals surface area contributed by atoms with Crippen LogP contribution in [0.15, 0.2) is 47.5 Å². The molecule has 0 saturated carbocycles. The van der Waals surface area contributed by atoms with Gasteiger partial charge in [-0.1, -0.05) is 18.2 Å². The second-order valence-corrected chi connectivity index (χ2v) is 6.87. The quantitative estimate of drug-likeness (QED) is 0.778. The third-order valence-corrected chi connectivity index (χ3v) is 5.07. The monoisotopic (exact) mass is 404 g/mol. The third kappa shape index (κ3) is 3.42. The Morgan fingerprint density at radius 3 is 2.38 bits per heavy atom. The van der Waals surface area contributed by atoms with Gasteiger partial charge in [0.2, 0.25) is 5.91 Å². The molecule has 2 aromatic rings. The van der Waals surface area contributed by atoms with Crippen LogP contribution in [-0.2, 0) is 16.5 Å². The minimum atomic E-state index is -4.52. The van der Waals surface area contributed by atoms with Crippen LogP contribution in [0.2, 0.25) is 0 Å². The van der Waals surface area contributed by atoms with E-state index in [0.717, 1.165) is 23.1 Å². The van der Waals surface area contributed by atoms with E-state index in [1.807, 2.05) is 0 Å². The fourth-order valence-electron chi connectivity index (χ4n) is 3.41. The molecular formula is C20H16F4N4O. The highest BCUT2D eigenvalue weighted by atomic mass is 19.4. The second kappa shape index (κ2) is 6.88. The Morgan fingerprint density at radius 1 is 1.21 bits per heavy atom. The molecule has 2 atom stereocenters. The zero-order valence-corrected chi connectivity index (χ0v) is 15.5. The average molecular weight is 404 g/mol. The maximum Gasteiger partial charge on any atom is 0.416 e. The Balaban J connectivity index is 2.19. The van der Waals surface area contributed by atoms with E-state index in [1.54, 1.807) is 13.0 Å². The zero-order valence-electron chi connectivity index (χ0n) is 15.5. The highest BCUT2D eigenvalue weighted by Gasteiger charge is 2.47. The van der Waals surface area contributed by atoms with Crippen molar-refractivity contribution in [2.24, 2.45) is 10.7 Å². The van der Waals surface area contributed by atoms with Gasteiger partial charge < -0.3 is 5.73 Å². The van der Waals surface area contributed by atoms with E-state index in [-0.39, 0.29) is 17.1 Å². The summed E-state index contributed by atoms with van der Waals surface area (Å²) in [6.07, 6.45) is -4.52. The normalized spacial score (nSPS) is 22.2. The molecule has 0 aromatic heterocycles. The molecule has 3 rings (SSSR count). The number of aliphatic imine (C=N–C) groups is 1. The van der Waals surface area contributed by atoms with Crippen LogP contribution in [0.4, 0.5) is 17.6 Å². The number of hydrogen-bond acceptors (Lipinski definition) is 4. The number of carbonyl (C=O) groups excluding carboxylic acids is 1. The number of rotatable bonds is 2. The zero-order chi connectivity index (χ0) is 21.6. The van der Waals surface area contributed by atoms with Gasteiger partial charge in [-0.25, -0.2) is 9.38 Å². The number of nitrogens with zero attached hydrogens (tertiary/aromatic N) is 3. The summed E-state index contributed by atoms with van der Waals surface area (Å²) in [6, 6.07) is 9.64. The molecule has 9 heteroatoms. The molecule has 1 aliphatic heterocycles. The SMILES string of the molecule is CN1C(=O)[C@H](c2ccc(C(F)(F)F)cc2)[C@@](C)(c2ccc(F)c(C#N)c2)N=C1N. The van der Waals surface area contributed by atoms with E-state index in [4.69, 9.17) is 11.0 Å². The summed E-state index contributed by atoms with van der Waals surface area (Å²) in [4.78, 5) is 18.5. The molecule has 0 unspecified atom stereocenters. The van der Waals surface area contributed by atoms with Crippen LogP contribution in [0, 0.1) is 17.1 Å². The summed E-state index contributed by atoms with van der Waals surface area (Å²) >= 11 is 0. The molecule has 1 aliphatic rings. The number of nitrogens with two attached hydrogens (primary N) is 1. The van der Waals surface area contributed by atoms with Gasteiger partial charge in [-0.2, -0.15) is 18.4 Å². The molecular weight excluding hydrogens is 388 g/mol. The molecule has 0 fully saturated rings. The summed E-state index contributed by atoms with van der Waals surface area (Å²) < 4.78 is 52.5. The summed E-state index contributed by atoms with van der Waals surface area (Å²) in [6.45, 7) is 1.57. The third-order valence-electron chi connectivity index (χ3n) is 5.07. The molecule has 0 aliphatic carbocycles. The Morgan fingerprint density at radius 2 is 1.83 bits per heavy atom. The van der Waals surface area contributed by atoms with Crippen molar-refractivity contribution in [3.05, 3.63) is 70.5 Å². The molecule has 0 radical (unpaired) electrons. The number of guanidine groups is 1. The highest BCUT2D eigenvalue weighted by molar-refractivity contribution is 6.02. The number of carbonyl (C=O) groups is 1. The van der Waals surface area contributed by atoms with Crippen molar-refractivity contribution in [1.82, 2.24) is 4.90 Å². The molecule has 1 heterocycles. The lowest BCUT2D eigenvalue weighted by atomic mass is 9.74. The van der Waals surface area contributed by atoms with Crippen molar-refractivity contribution in [2.75, 3.05) is 7.05 Å². The number of likely N-dealkylation sites (N-methyl/N-ethyl adjacent to an activating group) is 1. The highest BCUT2D eigenvalue weighted by Crippen LogP contribution is 2.44.